The van der Waals surface area contributed by atoms with Crippen LogP contribution in [0.25, 0.3) is 0 Å². The molecule has 0 radical (unpaired) electrons. The van der Waals surface area contributed by atoms with E-state index >= 15 is 0 Å². The molecular weight excluding hydrogens is 180 g/mol. The molecule has 3 heteroatoms. The summed E-state index contributed by atoms with van der Waals surface area (Å²) in [5.74, 6) is -0.798. The second kappa shape index (κ2) is 3.73. The molecule has 0 aromatic carbocycles. The van der Waals surface area contributed by atoms with Crippen LogP contribution in [0.3, 0.4) is 0 Å². The molecule has 0 bridgehead atoms. The van der Waals surface area contributed by atoms with Crippen LogP contribution < -0.4 is 0 Å². The largest absolute Gasteiger partial charge is 0.478 e. The number of hydrogen-bond donors (Lipinski definition) is 1. The van der Waals surface area contributed by atoms with Crippen LogP contribution in [0.1, 0.15) is 32.1 Å². The zero-order valence-electron chi connectivity index (χ0n) is 8.29. The summed E-state index contributed by atoms with van der Waals surface area (Å²) in [6, 6.07) is 0. The molecule has 3 nitrogen and oxygen atoms in total. The van der Waals surface area contributed by atoms with Crippen LogP contribution in [-0.2, 0) is 9.53 Å². The summed E-state index contributed by atoms with van der Waals surface area (Å²) >= 11 is 0. The fourth-order valence-electron chi connectivity index (χ4n) is 2.75. The van der Waals surface area contributed by atoms with Crippen molar-refractivity contribution >= 4 is 5.97 Å². The highest BCUT2D eigenvalue weighted by atomic mass is 16.5. The van der Waals surface area contributed by atoms with Crippen molar-refractivity contribution in [3.05, 3.63) is 11.6 Å². The van der Waals surface area contributed by atoms with Crippen LogP contribution in [-0.4, -0.2) is 24.3 Å². The first-order valence-corrected chi connectivity index (χ1v) is 5.25. The van der Waals surface area contributed by atoms with Gasteiger partial charge in [0.1, 0.15) is 0 Å². The van der Waals surface area contributed by atoms with Gasteiger partial charge in [0.15, 0.2) is 0 Å². The Morgan fingerprint density at radius 3 is 2.71 bits per heavy atom. The van der Waals surface area contributed by atoms with E-state index in [0.717, 1.165) is 50.9 Å². The van der Waals surface area contributed by atoms with E-state index in [2.05, 4.69) is 0 Å². The average Bonchev–Trinajstić information content (AvgIpc) is 2.50. The van der Waals surface area contributed by atoms with E-state index in [1.54, 1.807) is 0 Å². The first-order chi connectivity index (χ1) is 6.73. The van der Waals surface area contributed by atoms with Crippen LogP contribution in [0, 0.1) is 5.41 Å². The molecule has 1 aliphatic heterocycles. The summed E-state index contributed by atoms with van der Waals surface area (Å²) in [6.07, 6.45) is 6.69. The van der Waals surface area contributed by atoms with Crippen LogP contribution in [0.5, 0.6) is 0 Å². The van der Waals surface area contributed by atoms with Gasteiger partial charge >= 0.3 is 5.97 Å². The molecule has 14 heavy (non-hydrogen) atoms. The van der Waals surface area contributed by atoms with Gasteiger partial charge in [0.2, 0.25) is 0 Å². The minimum Gasteiger partial charge on any atom is -0.478 e. The van der Waals surface area contributed by atoms with Crippen molar-refractivity contribution < 1.29 is 14.6 Å². The third kappa shape index (κ3) is 1.69. The maximum absolute atomic E-state index is 10.7. The summed E-state index contributed by atoms with van der Waals surface area (Å²) in [5.41, 5.74) is 1.32. The average molecular weight is 196 g/mol. The van der Waals surface area contributed by atoms with Gasteiger partial charge in [0.05, 0.1) is 0 Å². The number of ether oxygens (including phenoxy) is 1. The van der Waals surface area contributed by atoms with E-state index in [1.807, 2.05) is 0 Å². The number of carbonyl (C=O) groups is 1. The molecule has 1 N–H and O–H groups in total. The number of allylic oxidation sites excluding steroid dienone is 1. The molecule has 0 atom stereocenters. The minimum absolute atomic E-state index is 0.177. The summed E-state index contributed by atoms with van der Waals surface area (Å²) in [4.78, 5) is 10.7. The first kappa shape index (κ1) is 9.71. The Morgan fingerprint density at radius 2 is 2.07 bits per heavy atom. The Labute approximate surface area is 83.8 Å². The van der Waals surface area contributed by atoms with Gasteiger partial charge in [-0.25, -0.2) is 4.79 Å². The zero-order valence-corrected chi connectivity index (χ0v) is 8.29. The zero-order chi connectivity index (χ0) is 10.0. The van der Waals surface area contributed by atoms with E-state index in [9.17, 15) is 4.79 Å². The van der Waals surface area contributed by atoms with Crippen molar-refractivity contribution in [2.75, 3.05) is 13.2 Å². The molecular formula is C11H16O3. The van der Waals surface area contributed by atoms with Crippen molar-refractivity contribution in [2.24, 2.45) is 5.41 Å². The summed E-state index contributed by atoms with van der Waals surface area (Å²) in [5, 5.41) is 8.78. The third-order valence-corrected chi connectivity index (χ3v) is 3.53. The van der Waals surface area contributed by atoms with Crippen LogP contribution in [0.4, 0.5) is 0 Å². The minimum atomic E-state index is -0.798. The lowest BCUT2D eigenvalue weighted by Crippen LogP contribution is -2.28. The van der Waals surface area contributed by atoms with Gasteiger partial charge in [0.25, 0.3) is 0 Å². The molecule has 1 saturated carbocycles. The monoisotopic (exact) mass is 196 g/mol. The SMILES string of the molecule is O=C(O)/C=C1/CCCC12CCOCC2. The Bertz CT molecular complexity index is 262. The Balaban J connectivity index is 2.19. The molecule has 0 aromatic heterocycles. The maximum atomic E-state index is 10.7. The normalized spacial score (nSPS) is 28.4. The highest BCUT2D eigenvalue weighted by molar-refractivity contribution is 5.81. The van der Waals surface area contributed by atoms with Crippen molar-refractivity contribution in [2.45, 2.75) is 32.1 Å². The molecule has 2 aliphatic rings. The molecule has 78 valence electrons. The molecule has 1 spiro atoms. The van der Waals surface area contributed by atoms with Crippen molar-refractivity contribution in [1.29, 1.82) is 0 Å². The van der Waals surface area contributed by atoms with Gasteiger partial charge in [0, 0.05) is 19.3 Å². The van der Waals surface area contributed by atoms with E-state index in [-0.39, 0.29) is 5.41 Å². The van der Waals surface area contributed by atoms with E-state index in [4.69, 9.17) is 9.84 Å². The smallest absolute Gasteiger partial charge is 0.328 e. The number of carboxylic acids is 1. The van der Waals surface area contributed by atoms with E-state index < -0.39 is 5.97 Å². The lowest BCUT2D eigenvalue weighted by Gasteiger charge is -2.34. The number of rotatable bonds is 1. The Kier molecular flexibility index (Phi) is 2.59. The molecule has 2 fully saturated rings. The second-order valence-corrected chi connectivity index (χ2v) is 4.25. The van der Waals surface area contributed by atoms with E-state index in [1.165, 1.54) is 6.08 Å². The fraction of sp³-hybridized carbons (Fsp3) is 0.727. The standard InChI is InChI=1S/C11H16O3/c12-10(13)8-9-2-1-3-11(9)4-6-14-7-5-11/h8H,1-7H2,(H,12,13)/b9-8-. The maximum Gasteiger partial charge on any atom is 0.328 e. The Morgan fingerprint density at radius 1 is 1.36 bits per heavy atom. The van der Waals surface area contributed by atoms with Crippen LogP contribution >= 0.6 is 0 Å². The molecule has 2 rings (SSSR count). The van der Waals surface area contributed by atoms with Gasteiger partial charge in [-0.2, -0.15) is 0 Å². The van der Waals surface area contributed by atoms with Crippen molar-refractivity contribution in [1.82, 2.24) is 0 Å². The van der Waals surface area contributed by atoms with E-state index in [0.29, 0.717) is 0 Å². The van der Waals surface area contributed by atoms with Gasteiger partial charge in [-0.15, -0.1) is 0 Å². The van der Waals surface area contributed by atoms with Crippen LogP contribution in [0.15, 0.2) is 11.6 Å². The van der Waals surface area contributed by atoms with Crippen molar-refractivity contribution in [3.8, 4) is 0 Å². The predicted molar refractivity (Wildman–Crippen MR) is 52.1 cm³/mol. The fourth-order valence-corrected chi connectivity index (χ4v) is 2.75. The summed E-state index contributed by atoms with van der Waals surface area (Å²) in [6.45, 7) is 1.58. The predicted octanol–water partition coefficient (Wildman–Crippen LogP) is 1.98. The summed E-state index contributed by atoms with van der Waals surface area (Å²) < 4.78 is 5.33. The third-order valence-electron chi connectivity index (χ3n) is 3.53. The highest BCUT2D eigenvalue weighted by Gasteiger charge is 2.39. The van der Waals surface area contributed by atoms with Crippen LogP contribution in [0.2, 0.25) is 0 Å². The lowest BCUT2D eigenvalue weighted by atomic mass is 9.75. The highest BCUT2D eigenvalue weighted by Crippen LogP contribution is 2.49. The van der Waals surface area contributed by atoms with Gasteiger partial charge in [-0.3, -0.25) is 0 Å². The van der Waals surface area contributed by atoms with Gasteiger partial charge < -0.3 is 9.84 Å². The molecule has 1 heterocycles. The van der Waals surface area contributed by atoms with Gasteiger partial charge in [-0.1, -0.05) is 5.57 Å². The second-order valence-electron chi connectivity index (χ2n) is 4.25. The molecule has 0 unspecified atom stereocenters. The number of hydrogen-bond acceptors (Lipinski definition) is 2. The number of carboxylic acid groups (broad SMARTS) is 1. The molecule has 1 aliphatic carbocycles. The van der Waals surface area contributed by atoms with Gasteiger partial charge in [-0.05, 0) is 37.5 Å². The molecule has 0 aromatic rings. The van der Waals surface area contributed by atoms with Crippen molar-refractivity contribution in [3.63, 3.8) is 0 Å². The molecule has 0 amide bonds. The quantitative estimate of drug-likeness (QED) is 0.652. The number of aliphatic carboxylic acids is 1. The lowest BCUT2D eigenvalue weighted by molar-refractivity contribution is -0.131. The first-order valence-electron chi connectivity index (χ1n) is 5.25. The topological polar surface area (TPSA) is 46.5 Å². The summed E-state index contributed by atoms with van der Waals surface area (Å²) in [7, 11) is 0. The molecule has 1 saturated heterocycles. The Hall–Kier alpha value is -0.830.